The average molecular weight is 213 g/mol. The molecule has 0 aromatic heterocycles. The van der Waals surface area contributed by atoms with Crippen molar-refractivity contribution in [2.75, 3.05) is 0 Å². The summed E-state index contributed by atoms with van der Waals surface area (Å²) in [5.41, 5.74) is 0. The molecular formula is C8H16KNO3. The number of carbonyl (C=O) groups excluding carboxylic acids is 1. The van der Waals surface area contributed by atoms with E-state index in [2.05, 4.69) is 5.32 Å². The van der Waals surface area contributed by atoms with Gasteiger partial charge in [0.25, 0.3) is 0 Å². The molecule has 0 rings (SSSR count). The number of hydrogen-bond donors (Lipinski definition) is 2. The summed E-state index contributed by atoms with van der Waals surface area (Å²) in [6.45, 7) is 5.14. The number of carboxylic acid groups (broad SMARTS) is 1. The molecule has 0 heterocycles. The van der Waals surface area contributed by atoms with Crippen molar-refractivity contribution in [1.29, 1.82) is 0 Å². The second-order valence-corrected chi connectivity index (χ2v) is 3.22. The minimum atomic E-state index is -0.973. The Bertz CT molecular complexity index is 187. The Morgan fingerprint density at radius 3 is 2.15 bits per heavy atom. The van der Waals surface area contributed by atoms with E-state index in [0.29, 0.717) is 6.42 Å². The van der Waals surface area contributed by atoms with Crippen molar-refractivity contribution < 1.29 is 67.5 Å². The first-order valence-electron chi connectivity index (χ1n) is 3.93. The first-order chi connectivity index (χ1) is 5.43. The molecule has 1 atom stereocenters. The van der Waals surface area contributed by atoms with Crippen LogP contribution in [0.5, 0.6) is 0 Å². The van der Waals surface area contributed by atoms with Gasteiger partial charge in [-0.15, -0.1) is 0 Å². The van der Waals surface area contributed by atoms with E-state index in [1.807, 2.05) is 13.8 Å². The fourth-order valence-electron chi connectivity index (χ4n) is 0.938. The topological polar surface area (TPSA) is 66.4 Å². The van der Waals surface area contributed by atoms with E-state index in [0.717, 1.165) is 0 Å². The molecule has 0 radical (unpaired) electrons. The smallest absolute Gasteiger partial charge is 1.00 e. The Hall–Kier alpha value is 0.576. The molecule has 0 aromatic rings. The average Bonchev–Trinajstić information content (AvgIpc) is 1.83. The number of carboxylic acids is 1. The maximum atomic E-state index is 10.6. The van der Waals surface area contributed by atoms with E-state index < -0.39 is 12.0 Å². The molecule has 0 aliphatic heterocycles. The maximum absolute atomic E-state index is 10.6. The third kappa shape index (κ3) is 8.89. The van der Waals surface area contributed by atoms with Crippen molar-refractivity contribution in [2.45, 2.75) is 33.2 Å². The van der Waals surface area contributed by atoms with Gasteiger partial charge in [0.15, 0.2) is 0 Å². The van der Waals surface area contributed by atoms with Gasteiger partial charge in [0.2, 0.25) is 5.91 Å². The van der Waals surface area contributed by atoms with Crippen molar-refractivity contribution >= 4 is 11.9 Å². The van der Waals surface area contributed by atoms with Gasteiger partial charge in [-0.05, 0) is 12.3 Å². The fourth-order valence-corrected chi connectivity index (χ4v) is 0.938. The third-order valence-electron chi connectivity index (χ3n) is 1.38. The molecule has 0 saturated carbocycles. The molecule has 0 saturated heterocycles. The molecule has 0 spiro atoms. The largest absolute Gasteiger partial charge is 1.00 e. The summed E-state index contributed by atoms with van der Waals surface area (Å²) in [7, 11) is 0. The molecule has 13 heavy (non-hydrogen) atoms. The third-order valence-corrected chi connectivity index (χ3v) is 1.38. The molecule has 72 valence electrons. The van der Waals surface area contributed by atoms with Crippen LogP contribution in [0.15, 0.2) is 0 Å². The molecule has 2 N–H and O–H groups in total. The molecule has 4 nitrogen and oxygen atoms in total. The van der Waals surface area contributed by atoms with Gasteiger partial charge in [-0.25, -0.2) is 4.79 Å². The number of carbonyl (C=O) groups is 2. The van der Waals surface area contributed by atoms with Crippen LogP contribution in [-0.2, 0) is 9.59 Å². The molecular weight excluding hydrogens is 197 g/mol. The molecule has 0 fully saturated rings. The Labute approximate surface area is 122 Å². The van der Waals surface area contributed by atoms with E-state index in [4.69, 9.17) is 5.11 Å². The Kier molecular flexibility index (Phi) is 9.78. The van der Waals surface area contributed by atoms with Crippen LogP contribution < -0.4 is 56.7 Å². The van der Waals surface area contributed by atoms with Gasteiger partial charge in [-0.1, -0.05) is 13.8 Å². The number of hydrogen-bond acceptors (Lipinski definition) is 2. The minimum Gasteiger partial charge on any atom is -1.00 e. The predicted octanol–water partition coefficient (Wildman–Crippen LogP) is -2.26. The van der Waals surface area contributed by atoms with Crippen LogP contribution in [0.2, 0.25) is 0 Å². The van der Waals surface area contributed by atoms with E-state index >= 15 is 0 Å². The van der Waals surface area contributed by atoms with E-state index in [9.17, 15) is 9.59 Å². The van der Waals surface area contributed by atoms with Crippen molar-refractivity contribution in [1.82, 2.24) is 5.32 Å². The summed E-state index contributed by atoms with van der Waals surface area (Å²) in [6.07, 6.45) is 0.467. The predicted molar refractivity (Wildman–Crippen MR) is 45.8 cm³/mol. The van der Waals surface area contributed by atoms with Crippen molar-refractivity contribution in [3.8, 4) is 0 Å². The summed E-state index contributed by atoms with van der Waals surface area (Å²) in [5.74, 6) is -1.01. The summed E-state index contributed by atoms with van der Waals surface area (Å²) in [4.78, 5) is 21.1. The van der Waals surface area contributed by atoms with Crippen molar-refractivity contribution in [3.05, 3.63) is 0 Å². The zero-order valence-corrected chi connectivity index (χ0v) is 11.7. The van der Waals surface area contributed by atoms with Gasteiger partial charge >= 0.3 is 57.4 Å². The van der Waals surface area contributed by atoms with Gasteiger partial charge in [0.05, 0.1) is 0 Å². The Morgan fingerprint density at radius 2 is 1.92 bits per heavy atom. The number of aliphatic carboxylic acids is 1. The van der Waals surface area contributed by atoms with Crippen LogP contribution in [0.1, 0.15) is 28.6 Å². The summed E-state index contributed by atoms with van der Waals surface area (Å²) in [6, 6.07) is -0.748. The normalized spacial score (nSPS) is 11.7. The minimum absolute atomic E-state index is 0. The molecule has 0 aromatic carbocycles. The summed E-state index contributed by atoms with van der Waals surface area (Å²) >= 11 is 0. The molecule has 0 aliphatic rings. The van der Waals surface area contributed by atoms with Crippen LogP contribution in [0, 0.1) is 5.92 Å². The Morgan fingerprint density at radius 1 is 1.46 bits per heavy atom. The Balaban J connectivity index is -0.000000605. The summed E-state index contributed by atoms with van der Waals surface area (Å²) in [5, 5.41) is 11.0. The number of rotatable bonds is 4. The van der Waals surface area contributed by atoms with Gasteiger partial charge in [0.1, 0.15) is 6.04 Å². The van der Waals surface area contributed by atoms with Crippen molar-refractivity contribution in [3.63, 3.8) is 0 Å². The van der Waals surface area contributed by atoms with Crippen LogP contribution in [-0.4, -0.2) is 23.0 Å². The molecule has 5 heteroatoms. The van der Waals surface area contributed by atoms with Crippen LogP contribution in [0.3, 0.4) is 0 Å². The number of amides is 1. The van der Waals surface area contributed by atoms with Crippen molar-refractivity contribution in [2.24, 2.45) is 5.92 Å². The van der Waals surface area contributed by atoms with Crippen LogP contribution in [0.25, 0.3) is 0 Å². The van der Waals surface area contributed by atoms with Gasteiger partial charge in [-0.3, -0.25) is 4.79 Å². The summed E-state index contributed by atoms with van der Waals surface area (Å²) < 4.78 is 0. The standard InChI is InChI=1S/C8H15NO3.K.H/c1-5(2)4-7(8(11)12)9-6(3)10;;/h5,7H,4H2,1-3H3,(H,9,10)(H,11,12);;/q;+1;-1/t7-;;/m1../s1. The zero-order valence-electron chi connectivity index (χ0n) is 9.63. The monoisotopic (exact) mass is 213 g/mol. The van der Waals surface area contributed by atoms with Crippen LogP contribution >= 0.6 is 0 Å². The first-order valence-corrected chi connectivity index (χ1v) is 3.93. The molecule has 0 bridgehead atoms. The molecule has 1 amide bonds. The zero-order chi connectivity index (χ0) is 9.72. The SMILES string of the molecule is CC(=O)N[C@H](CC(C)C)C(=O)O.[H-].[K+]. The van der Waals surface area contributed by atoms with Gasteiger partial charge in [-0.2, -0.15) is 0 Å². The van der Waals surface area contributed by atoms with E-state index in [1.165, 1.54) is 6.92 Å². The van der Waals surface area contributed by atoms with Gasteiger partial charge < -0.3 is 11.8 Å². The van der Waals surface area contributed by atoms with Gasteiger partial charge in [0, 0.05) is 6.92 Å². The number of nitrogens with one attached hydrogen (secondary N) is 1. The quantitative estimate of drug-likeness (QED) is 0.518. The van der Waals surface area contributed by atoms with E-state index in [-0.39, 0.29) is 64.6 Å². The second kappa shape index (κ2) is 7.93. The van der Waals surface area contributed by atoms with Crippen LogP contribution in [0.4, 0.5) is 0 Å². The fraction of sp³-hybridized carbons (Fsp3) is 0.750. The maximum Gasteiger partial charge on any atom is 1.00 e. The molecule has 0 unspecified atom stereocenters. The molecule has 0 aliphatic carbocycles. The second-order valence-electron chi connectivity index (χ2n) is 3.22. The van der Waals surface area contributed by atoms with E-state index in [1.54, 1.807) is 0 Å². The first kappa shape index (κ1) is 16.0.